The number of aryl methyl sites for hydroxylation is 2. The summed E-state index contributed by atoms with van der Waals surface area (Å²) >= 11 is 0. The van der Waals surface area contributed by atoms with E-state index in [9.17, 15) is 14.4 Å². The van der Waals surface area contributed by atoms with Crippen LogP contribution in [0.2, 0.25) is 0 Å². The van der Waals surface area contributed by atoms with Crippen LogP contribution in [0.5, 0.6) is 0 Å². The molecule has 5 aromatic rings. The second-order valence-electron chi connectivity index (χ2n) is 12.4. The summed E-state index contributed by atoms with van der Waals surface area (Å²) in [5, 5.41) is 16.1. The molecule has 0 saturated heterocycles. The summed E-state index contributed by atoms with van der Waals surface area (Å²) in [5.41, 5.74) is 3.82. The number of hydrogen-bond donors (Lipinski definition) is 3. The van der Waals surface area contributed by atoms with E-state index in [0.29, 0.717) is 61.6 Å². The number of carbonyl (C=O) groups is 3. The summed E-state index contributed by atoms with van der Waals surface area (Å²) < 4.78 is 3.48. The molecule has 13 heteroatoms. The zero-order valence-electron chi connectivity index (χ0n) is 26.7. The SMILES string of the molecule is Cc1nc2n(n1)CCN(C(=O)c1cnc3cnn(C)c3c1)CCCC(=O)N[C@H](Cc1c[nH]c3ccccc13)C(=O)N[C@H]2CC(C)C. The maximum atomic E-state index is 13.9. The number of pyridine rings is 1. The normalized spacial score (nSPS) is 18.4. The van der Waals surface area contributed by atoms with Gasteiger partial charge in [-0.1, -0.05) is 32.0 Å². The highest BCUT2D eigenvalue weighted by atomic mass is 16.2. The van der Waals surface area contributed by atoms with Crippen molar-refractivity contribution in [2.45, 2.75) is 65.1 Å². The molecule has 0 aliphatic carbocycles. The van der Waals surface area contributed by atoms with Crippen molar-refractivity contribution in [2.75, 3.05) is 13.1 Å². The predicted molar refractivity (Wildman–Crippen MR) is 173 cm³/mol. The second-order valence-corrected chi connectivity index (χ2v) is 12.4. The summed E-state index contributed by atoms with van der Waals surface area (Å²) in [6.45, 7) is 7.05. The van der Waals surface area contributed by atoms with Crippen LogP contribution in [0.1, 0.15) is 66.7 Å². The minimum absolute atomic E-state index is 0.156. The number of nitrogens with zero attached hydrogens (tertiary/aromatic N) is 7. The number of nitrogens with one attached hydrogen (secondary N) is 3. The number of H-pyrrole nitrogens is 1. The van der Waals surface area contributed by atoms with E-state index in [1.165, 1.54) is 0 Å². The van der Waals surface area contributed by atoms with Crippen molar-refractivity contribution in [3.8, 4) is 0 Å². The van der Waals surface area contributed by atoms with Crippen molar-refractivity contribution in [3.05, 3.63) is 71.7 Å². The minimum Gasteiger partial charge on any atom is -0.361 e. The molecule has 3 N–H and O–H groups in total. The van der Waals surface area contributed by atoms with Gasteiger partial charge in [0.25, 0.3) is 5.91 Å². The standard InChI is InChI=1S/C33H40N10O3/c1-20(2)14-26-31-37-21(3)40-43(31)13-12-42(33(46)23-16-29-28(35-18-23)19-36-41(29)4)11-7-10-30(44)38-27(32(45)39-26)15-22-17-34-25-9-6-5-8-24(22)25/h5-6,8-9,16-20,26-27,34H,7,10-15H2,1-4H3,(H,38,44)(H,39,45)/t26-,27+/m0/s1. The molecule has 46 heavy (non-hydrogen) atoms. The van der Waals surface area contributed by atoms with Gasteiger partial charge in [0.15, 0.2) is 0 Å². The molecule has 2 atom stereocenters. The minimum atomic E-state index is -0.809. The van der Waals surface area contributed by atoms with E-state index in [1.54, 1.807) is 32.7 Å². The zero-order valence-corrected chi connectivity index (χ0v) is 26.7. The van der Waals surface area contributed by atoms with E-state index in [1.807, 2.05) is 44.4 Å². The van der Waals surface area contributed by atoms with Crippen LogP contribution < -0.4 is 10.6 Å². The van der Waals surface area contributed by atoms with Crippen LogP contribution in [-0.2, 0) is 29.6 Å². The number of fused-ring (bicyclic) bond motifs is 3. The van der Waals surface area contributed by atoms with Crippen molar-refractivity contribution < 1.29 is 14.4 Å². The Hall–Kier alpha value is -5.07. The van der Waals surface area contributed by atoms with Crippen molar-refractivity contribution in [1.29, 1.82) is 0 Å². The molecule has 4 aromatic heterocycles. The highest BCUT2D eigenvalue weighted by Crippen LogP contribution is 2.23. The molecular weight excluding hydrogens is 584 g/mol. The molecule has 3 amide bonds. The summed E-state index contributed by atoms with van der Waals surface area (Å²) in [6, 6.07) is 8.44. The van der Waals surface area contributed by atoms with Crippen molar-refractivity contribution in [2.24, 2.45) is 13.0 Å². The Kier molecular flexibility index (Phi) is 8.82. The fraction of sp³-hybridized carbons (Fsp3) is 0.424. The number of hydrogen-bond acceptors (Lipinski definition) is 7. The van der Waals surface area contributed by atoms with E-state index in [2.05, 4.69) is 44.6 Å². The average molecular weight is 625 g/mol. The van der Waals surface area contributed by atoms with Crippen LogP contribution in [-0.4, -0.2) is 76.3 Å². The maximum absolute atomic E-state index is 13.9. The number of carbonyl (C=O) groups excluding carboxylic acids is 3. The first-order chi connectivity index (χ1) is 22.2. The van der Waals surface area contributed by atoms with Gasteiger partial charge >= 0.3 is 0 Å². The number of aromatic nitrogens is 7. The third kappa shape index (κ3) is 6.63. The van der Waals surface area contributed by atoms with Crippen LogP contribution in [0.25, 0.3) is 21.9 Å². The van der Waals surface area contributed by atoms with Crippen LogP contribution >= 0.6 is 0 Å². The van der Waals surface area contributed by atoms with E-state index < -0.39 is 12.1 Å². The lowest BCUT2D eigenvalue weighted by Gasteiger charge is -2.27. The molecule has 0 saturated carbocycles. The molecule has 0 spiro atoms. The molecule has 0 fully saturated rings. The Morgan fingerprint density at radius 3 is 2.72 bits per heavy atom. The Labute approximate surface area is 266 Å². The second kappa shape index (κ2) is 13.1. The molecule has 6 rings (SSSR count). The molecule has 240 valence electrons. The quantitative estimate of drug-likeness (QED) is 0.271. The van der Waals surface area contributed by atoms with Gasteiger partial charge in [0, 0.05) is 56.3 Å². The van der Waals surface area contributed by atoms with Gasteiger partial charge in [0.2, 0.25) is 11.8 Å². The molecule has 0 unspecified atom stereocenters. The predicted octanol–water partition coefficient (Wildman–Crippen LogP) is 3.22. The molecule has 1 aliphatic heterocycles. The van der Waals surface area contributed by atoms with Crippen LogP contribution in [0.4, 0.5) is 0 Å². The average Bonchev–Trinajstić information content (AvgIpc) is 3.73. The summed E-state index contributed by atoms with van der Waals surface area (Å²) in [7, 11) is 1.81. The van der Waals surface area contributed by atoms with E-state index in [-0.39, 0.29) is 30.1 Å². The number of amides is 3. The smallest absolute Gasteiger partial charge is 0.255 e. The first kappa shape index (κ1) is 30.9. The van der Waals surface area contributed by atoms with Gasteiger partial charge in [0.1, 0.15) is 23.2 Å². The topological polar surface area (TPSA) is 156 Å². The molecule has 1 aliphatic rings. The molecule has 13 nitrogen and oxygen atoms in total. The van der Waals surface area contributed by atoms with Gasteiger partial charge in [-0.05, 0) is 43.4 Å². The Balaban J connectivity index is 1.32. The van der Waals surface area contributed by atoms with Gasteiger partial charge in [-0.25, -0.2) is 9.67 Å². The van der Waals surface area contributed by atoms with Gasteiger partial charge in [-0.2, -0.15) is 10.2 Å². The Morgan fingerprint density at radius 1 is 1.07 bits per heavy atom. The van der Waals surface area contributed by atoms with Gasteiger partial charge in [0.05, 0.1) is 29.9 Å². The molecule has 5 heterocycles. The van der Waals surface area contributed by atoms with E-state index in [0.717, 1.165) is 22.0 Å². The van der Waals surface area contributed by atoms with Gasteiger partial charge in [-0.15, -0.1) is 0 Å². The lowest BCUT2D eigenvalue weighted by Crippen LogP contribution is -2.49. The summed E-state index contributed by atoms with van der Waals surface area (Å²) in [6.07, 6.45) is 6.63. The highest BCUT2D eigenvalue weighted by molar-refractivity contribution is 5.96. The Morgan fingerprint density at radius 2 is 1.89 bits per heavy atom. The first-order valence-corrected chi connectivity index (χ1v) is 15.8. The molecular formula is C33H40N10O3. The van der Waals surface area contributed by atoms with Crippen molar-refractivity contribution in [3.63, 3.8) is 0 Å². The fourth-order valence-corrected chi connectivity index (χ4v) is 6.15. The highest BCUT2D eigenvalue weighted by Gasteiger charge is 2.29. The van der Waals surface area contributed by atoms with Crippen molar-refractivity contribution in [1.82, 2.24) is 50.0 Å². The summed E-state index contributed by atoms with van der Waals surface area (Å²) in [4.78, 5) is 55.3. The molecule has 1 aromatic carbocycles. The van der Waals surface area contributed by atoms with Crippen LogP contribution in [0.3, 0.4) is 0 Å². The number of para-hydroxylation sites is 1. The third-order valence-electron chi connectivity index (χ3n) is 8.44. The molecule has 0 bridgehead atoms. The largest absolute Gasteiger partial charge is 0.361 e. The lowest BCUT2D eigenvalue weighted by atomic mass is 10.0. The van der Waals surface area contributed by atoms with Crippen LogP contribution in [0, 0.1) is 12.8 Å². The van der Waals surface area contributed by atoms with E-state index in [4.69, 9.17) is 4.98 Å². The third-order valence-corrected chi connectivity index (χ3v) is 8.44. The fourth-order valence-electron chi connectivity index (χ4n) is 6.15. The van der Waals surface area contributed by atoms with Crippen LogP contribution in [0.15, 0.2) is 48.9 Å². The van der Waals surface area contributed by atoms with E-state index >= 15 is 0 Å². The maximum Gasteiger partial charge on any atom is 0.255 e. The number of aromatic amines is 1. The number of benzene rings is 1. The Bertz CT molecular complexity index is 1890. The monoisotopic (exact) mass is 624 g/mol. The molecule has 0 radical (unpaired) electrons. The summed E-state index contributed by atoms with van der Waals surface area (Å²) in [5.74, 6) is 0.730. The first-order valence-electron chi connectivity index (χ1n) is 15.8. The van der Waals surface area contributed by atoms with Gasteiger partial charge < -0.3 is 20.5 Å². The zero-order chi connectivity index (χ0) is 32.4. The lowest BCUT2D eigenvalue weighted by molar-refractivity contribution is -0.129. The number of rotatable bonds is 5. The van der Waals surface area contributed by atoms with Gasteiger partial charge in [-0.3, -0.25) is 24.0 Å². The van der Waals surface area contributed by atoms with Crippen molar-refractivity contribution >= 4 is 39.7 Å².